The molecule has 0 amide bonds. The maximum Gasteiger partial charge on any atom is 0.337 e. The summed E-state index contributed by atoms with van der Waals surface area (Å²) in [7, 11) is 1.21. The molecule has 0 saturated heterocycles. The number of rotatable bonds is 4. The van der Waals surface area contributed by atoms with Crippen LogP contribution >= 0.6 is 0 Å². The molecule has 98 valence electrons. The molecule has 18 heavy (non-hydrogen) atoms. The Morgan fingerprint density at radius 2 is 2.00 bits per heavy atom. The zero-order valence-electron chi connectivity index (χ0n) is 10.5. The van der Waals surface area contributed by atoms with Crippen LogP contribution in [0.1, 0.15) is 36.2 Å². The Morgan fingerprint density at radius 3 is 2.44 bits per heavy atom. The second-order valence-electron chi connectivity index (χ2n) is 4.64. The van der Waals surface area contributed by atoms with Crippen LogP contribution in [0.25, 0.3) is 0 Å². The van der Waals surface area contributed by atoms with Gasteiger partial charge < -0.3 is 9.84 Å². The number of hydrogen-bond donors (Lipinski definition) is 1. The molecule has 0 unspecified atom stereocenters. The van der Waals surface area contributed by atoms with Gasteiger partial charge in [0, 0.05) is 5.41 Å². The smallest absolute Gasteiger partial charge is 0.337 e. The van der Waals surface area contributed by atoms with Crippen molar-refractivity contribution in [3.05, 3.63) is 35.1 Å². The maximum absolute atomic E-state index is 13.9. The number of carboxylic acids is 1. The number of ether oxygens (including phenoxy) is 1. The van der Waals surface area contributed by atoms with E-state index >= 15 is 0 Å². The van der Waals surface area contributed by atoms with Crippen molar-refractivity contribution in [2.75, 3.05) is 7.11 Å². The fourth-order valence-electron chi connectivity index (χ4n) is 1.78. The summed E-state index contributed by atoms with van der Waals surface area (Å²) in [4.78, 5) is 21.9. The number of benzene rings is 1. The van der Waals surface area contributed by atoms with E-state index in [4.69, 9.17) is 5.11 Å². The van der Waals surface area contributed by atoms with Crippen LogP contribution in [0.5, 0.6) is 0 Å². The molecule has 0 aromatic heterocycles. The van der Waals surface area contributed by atoms with Gasteiger partial charge in [-0.05, 0) is 17.7 Å². The van der Waals surface area contributed by atoms with Crippen molar-refractivity contribution < 1.29 is 23.8 Å². The molecule has 1 rings (SSSR count). The third kappa shape index (κ3) is 3.06. The number of aliphatic carboxylic acids is 1. The molecule has 0 heterocycles. The van der Waals surface area contributed by atoms with Crippen molar-refractivity contribution >= 4 is 11.9 Å². The van der Waals surface area contributed by atoms with Crippen LogP contribution in [0.15, 0.2) is 18.2 Å². The van der Waals surface area contributed by atoms with Crippen LogP contribution in [0.4, 0.5) is 4.39 Å². The molecule has 0 bridgehead atoms. The van der Waals surface area contributed by atoms with Gasteiger partial charge in [0.25, 0.3) is 0 Å². The van der Waals surface area contributed by atoms with E-state index in [1.807, 2.05) is 0 Å². The average molecular weight is 254 g/mol. The second kappa shape index (κ2) is 5.16. The first-order valence-electron chi connectivity index (χ1n) is 5.38. The molecule has 5 heteroatoms. The highest BCUT2D eigenvalue weighted by Crippen LogP contribution is 2.29. The molecule has 0 aliphatic heterocycles. The lowest BCUT2D eigenvalue weighted by atomic mass is 9.81. The summed E-state index contributed by atoms with van der Waals surface area (Å²) in [5, 5.41) is 8.79. The molecule has 4 nitrogen and oxygen atoms in total. The van der Waals surface area contributed by atoms with E-state index in [-0.39, 0.29) is 17.5 Å². The highest BCUT2D eigenvalue weighted by molar-refractivity contribution is 5.89. The predicted molar refractivity (Wildman–Crippen MR) is 63.0 cm³/mol. The molecule has 1 aromatic carbocycles. The maximum atomic E-state index is 13.9. The summed E-state index contributed by atoms with van der Waals surface area (Å²) in [5.41, 5.74) is -0.479. The van der Waals surface area contributed by atoms with E-state index in [0.29, 0.717) is 0 Å². The Hall–Kier alpha value is -1.91. The molecule has 0 spiro atoms. The topological polar surface area (TPSA) is 63.6 Å². The summed E-state index contributed by atoms with van der Waals surface area (Å²) >= 11 is 0. The molecule has 0 atom stereocenters. The van der Waals surface area contributed by atoms with Gasteiger partial charge in [-0.25, -0.2) is 9.18 Å². The predicted octanol–water partition coefficient (Wildman–Crippen LogP) is 2.36. The van der Waals surface area contributed by atoms with Gasteiger partial charge in [0.15, 0.2) is 0 Å². The van der Waals surface area contributed by atoms with E-state index in [0.717, 1.165) is 6.07 Å². The third-order valence-electron chi connectivity index (χ3n) is 2.71. The third-order valence-corrected chi connectivity index (χ3v) is 2.71. The highest BCUT2D eigenvalue weighted by atomic mass is 19.1. The van der Waals surface area contributed by atoms with E-state index in [2.05, 4.69) is 4.74 Å². The van der Waals surface area contributed by atoms with Crippen LogP contribution in [-0.4, -0.2) is 24.2 Å². The van der Waals surface area contributed by atoms with Crippen molar-refractivity contribution in [1.82, 2.24) is 0 Å². The molecule has 0 radical (unpaired) electrons. The number of carbonyl (C=O) groups is 2. The lowest BCUT2D eigenvalue weighted by Crippen LogP contribution is -2.23. The fourth-order valence-corrected chi connectivity index (χ4v) is 1.78. The number of esters is 1. The van der Waals surface area contributed by atoms with Crippen LogP contribution in [0, 0.1) is 5.82 Å². The second-order valence-corrected chi connectivity index (χ2v) is 4.64. The van der Waals surface area contributed by atoms with Crippen molar-refractivity contribution in [2.24, 2.45) is 0 Å². The van der Waals surface area contributed by atoms with Crippen molar-refractivity contribution in [3.63, 3.8) is 0 Å². The van der Waals surface area contributed by atoms with Gasteiger partial charge in [-0.2, -0.15) is 0 Å². The van der Waals surface area contributed by atoms with Gasteiger partial charge in [-0.15, -0.1) is 0 Å². The SMILES string of the molecule is COC(=O)c1ccc(C(C)(C)CC(=O)O)c(F)c1. The fraction of sp³-hybridized carbons (Fsp3) is 0.385. The summed E-state index contributed by atoms with van der Waals surface area (Å²) in [6, 6.07) is 3.91. The standard InChI is InChI=1S/C13H15FO4/c1-13(2,7-11(15)16)9-5-4-8(6-10(9)14)12(17)18-3/h4-6H,7H2,1-3H3,(H,15,16). The minimum Gasteiger partial charge on any atom is -0.481 e. The molecular weight excluding hydrogens is 239 g/mol. The Kier molecular flexibility index (Phi) is 4.06. The number of halogens is 1. The minimum atomic E-state index is -1.00. The summed E-state index contributed by atoms with van der Waals surface area (Å²) in [5.74, 6) is -2.24. The van der Waals surface area contributed by atoms with Crippen LogP contribution in [0.2, 0.25) is 0 Å². The van der Waals surface area contributed by atoms with Gasteiger partial charge >= 0.3 is 11.9 Å². The van der Waals surface area contributed by atoms with Crippen molar-refractivity contribution in [3.8, 4) is 0 Å². The first-order valence-corrected chi connectivity index (χ1v) is 5.38. The summed E-state index contributed by atoms with van der Waals surface area (Å²) in [6.07, 6.45) is -0.193. The van der Waals surface area contributed by atoms with Crippen molar-refractivity contribution in [2.45, 2.75) is 25.7 Å². The molecule has 1 aromatic rings. The van der Waals surface area contributed by atoms with Gasteiger partial charge in [0.2, 0.25) is 0 Å². The Labute approximate surface area is 104 Å². The van der Waals surface area contributed by atoms with E-state index in [1.54, 1.807) is 13.8 Å². The lowest BCUT2D eigenvalue weighted by Gasteiger charge is -2.23. The first-order chi connectivity index (χ1) is 8.27. The first kappa shape index (κ1) is 14.2. The molecule has 0 aliphatic rings. The number of carbonyl (C=O) groups excluding carboxylic acids is 1. The van der Waals surface area contributed by atoms with Crippen LogP contribution in [-0.2, 0) is 14.9 Å². The Morgan fingerprint density at radius 1 is 1.39 bits per heavy atom. The Balaban J connectivity index is 3.12. The number of carboxylic acid groups (broad SMARTS) is 1. The van der Waals surface area contributed by atoms with E-state index in [9.17, 15) is 14.0 Å². The monoisotopic (exact) mass is 254 g/mol. The Bertz CT molecular complexity index is 480. The normalized spacial score (nSPS) is 11.1. The number of methoxy groups -OCH3 is 1. The van der Waals surface area contributed by atoms with E-state index in [1.165, 1.54) is 19.2 Å². The van der Waals surface area contributed by atoms with Crippen LogP contribution in [0.3, 0.4) is 0 Å². The quantitative estimate of drug-likeness (QED) is 0.838. The molecule has 0 aliphatic carbocycles. The molecule has 0 saturated carbocycles. The van der Waals surface area contributed by atoms with Gasteiger partial charge in [0.05, 0.1) is 19.1 Å². The average Bonchev–Trinajstić information content (AvgIpc) is 2.25. The minimum absolute atomic E-state index is 0.102. The molecule has 1 N–H and O–H groups in total. The van der Waals surface area contributed by atoms with E-state index < -0.39 is 23.2 Å². The highest BCUT2D eigenvalue weighted by Gasteiger charge is 2.27. The number of hydrogen-bond acceptors (Lipinski definition) is 3. The van der Waals surface area contributed by atoms with Crippen molar-refractivity contribution in [1.29, 1.82) is 0 Å². The molecule has 0 fully saturated rings. The summed E-state index contributed by atoms with van der Waals surface area (Å²) in [6.45, 7) is 3.27. The van der Waals surface area contributed by atoms with Crippen LogP contribution < -0.4 is 0 Å². The molecular formula is C13H15FO4. The lowest BCUT2D eigenvalue weighted by molar-refractivity contribution is -0.138. The summed E-state index contributed by atoms with van der Waals surface area (Å²) < 4.78 is 18.4. The zero-order chi connectivity index (χ0) is 13.9. The van der Waals surface area contributed by atoms with Gasteiger partial charge in [-0.1, -0.05) is 19.9 Å². The zero-order valence-corrected chi connectivity index (χ0v) is 10.5. The largest absolute Gasteiger partial charge is 0.481 e. The van der Waals surface area contributed by atoms with Gasteiger partial charge in [-0.3, -0.25) is 4.79 Å². The van der Waals surface area contributed by atoms with Gasteiger partial charge in [0.1, 0.15) is 5.82 Å².